The number of nitrogens with one attached hydrogen (secondary N) is 3. The average molecular weight is 943 g/mol. The summed E-state index contributed by atoms with van der Waals surface area (Å²) in [5.74, 6) is -1.13. The zero-order valence-electron chi connectivity index (χ0n) is 34.1. The highest BCUT2D eigenvalue weighted by Crippen LogP contribution is 2.24. The molecule has 10 rings (SSSR count). The SMILES string of the molecule is NCc1cnc2[nH]cc(Cl)c2c1.O=C(NCc1cnc2[nH]cc(Cl)c2c1)c1ccnc(Cc2ccc3ncc(Cl)cc3c2)c1.O=C(O)c1ccnc(Cc2ccc3ncc(Cl)cc3c2)c1. The summed E-state index contributed by atoms with van der Waals surface area (Å²) in [5, 5.41) is 18.1. The molecule has 65 heavy (non-hydrogen) atoms. The molecule has 17 heteroatoms. The molecule has 0 radical (unpaired) electrons. The van der Waals surface area contributed by atoms with Crippen LogP contribution in [0.25, 0.3) is 43.9 Å². The van der Waals surface area contributed by atoms with Crippen molar-refractivity contribution in [1.82, 2.24) is 45.2 Å². The van der Waals surface area contributed by atoms with Gasteiger partial charge in [0.05, 0.1) is 36.7 Å². The number of rotatable bonds is 9. The van der Waals surface area contributed by atoms with E-state index in [0.717, 1.165) is 71.8 Å². The number of nitrogens with two attached hydrogens (primary N) is 1. The van der Waals surface area contributed by atoms with Crippen molar-refractivity contribution in [2.24, 2.45) is 5.73 Å². The van der Waals surface area contributed by atoms with Gasteiger partial charge >= 0.3 is 5.97 Å². The fourth-order valence-electron chi connectivity index (χ4n) is 6.89. The predicted molar refractivity (Wildman–Crippen MR) is 256 cm³/mol. The van der Waals surface area contributed by atoms with E-state index in [2.05, 4.69) is 45.2 Å². The van der Waals surface area contributed by atoms with Crippen molar-refractivity contribution in [3.63, 3.8) is 0 Å². The molecule has 0 saturated heterocycles. The molecule has 0 atom stereocenters. The van der Waals surface area contributed by atoms with Crippen LogP contribution < -0.4 is 11.1 Å². The molecule has 0 bridgehead atoms. The molecule has 8 heterocycles. The molecule has 0 spiro atoms. The maximum Gasteiger partial charge on any atom is 0.335 e. The third kappa shape index (κ3) is 11.2. The first-order valence-corrected chi connectivity index (χ1v) is 21.4. The number of aromatic nitrogens is 8. The van der Waals surface area contributed by atoms with Gasteiger partial charge in [0, 0.05) is 114 Å². The summed E-state index contributed by atoms with van der Waals surface area (Å²) >= 11 is 24.0. The van der Waals surface area contributed by atoms with Gasteiger partial charge in [0.2, 0.25) is 0 Å². The fourth-order valence-corrected chi connectivity index (χ4v) is 7.62. The zero-order chi connectivity index (χ0) is 45.5. The molecular weight excluding hydrogens is 906 g/mol. The molecule has 0 saturated carbocycles. The van der Waals surface area contributed by atoms with Crippen LogP contribution in [-0.4, -0.2) is 56.9 Å². The lowest BCUT2D eigenvalue weighted by Crippen LogP contribution is -2.23. The minimum Gasteiger partial charge on any atom is -0.478 e. The van der Waals surface area contributed by atoms with E-state index in [4.69, 9.17) is 57.2 Å². The van der Waals surface area contributed by atoms with E-state index in [9.17, 15) is 9.59 Å². The van der Waals surface area contributed by atoms with E-state index in [1.54, 1.807) is 61.6 Å². The highest BCUT2D eigenvalue weighted by Gasteiger charge is 2.11. The molecule has 10 aromatic rings. The molecule has 8 aromatic heterocycles. The standard InChI is InChI=1S/C24H17Cl2N5O.C16H11ClN2O2.C8H8ClN3/c25-18-8-17-5-14(1-2-22(17)28-12-18)6-19-9-16(3-4-27-19)24(32)31-11-15-7-20-21(26)13-30-23(20)29-10-15;17-13-7-12-5-10(1-2-15(12)19-9-13)6-14-8-11(16(20)21)3-4-18-14;9-7-4-12-8-6(7)1-5(2-10)3-11-8/h1-5,7-10,12-13H,6,11H2,(H,29,30)(H,31,32);1-5,7-9H,6H2,(H,20,21);1,3-4H,2,10H2,(H,11,12). The van der Waals surface area contributed by atoms with Crippen LogP contribution in [0.5, 0.6) is 0 Å². The number of hydrogen-bond donors (Lipinski definition) is 5. The van der Waals surface area contributed by atoms with Gasteiger partial charge in [-0.25, -0.2) is 14.8 Å². The molecule has 324 valence electrons. The van der Waals surface area contributed by atoms with E-state index in [0.29, 0.717) is 57.3 Å². The summed E-state index contributed by atoms with van der Waals surface area (Å²) in [6.45, 7) is 0.837. The molecule has 0 aliphatic rings. The van der Waals surface area contributed by atoms with Crippen molar-refractivity contribution in [1.29, 1.82) is 0 Å². The quantitative estimate of drug-likeness (QED) is 0.0927. The number of halogens is 4. The van der Waals surface area contributed by atoms with Crippen molar-refractivity contribution >= 4 is 102 Å². The molecule has 2 aromatic carbocycles. The molecule has 6 N–H and O–H groups in total. The second-order valence-electron chi connectivity index (χ2n) is 14.7. The number of fused-ring (bicyclic) bond motifs is 4. The summed E-state index contributed by atoms with van der Waals surface area (Å²) in [5.41, 5.74) is 15.0. The van der Waals surface area contributed by atoms with E-state index < -0.39 is 5.97 Å². The Labute approximate surface area is 391 Å². The third-order valence-electron chi connectivity index (χ3n) is 10.1. The summed E-state index contributed by atoms with van der Waals surface area (Å²) < 4.78 is 0. The largest absolute Gasteiger partial charge is 0.478 e. The number of carbonyl (C=O) groups is 2. The van der Waals surface area contributed by atoms with Crippen LogP contribution in [0.4, 0.5) is 0 Å². The maximum absolute atomic E-state index is 12.7. The molecule has 0 unspecified atom stereocenters. The molecular formula is C48H36Cl4N10O3. The number of H-pyrrole nitrogens is 2. The summed E-state index contributed by atoms with van der Waals surface area (Å²) in [6.07, 6.45) is 14.4. The molecule has 0 fully saturated rings. The number of carbonyl (C=O) groups excluding carboxylic acids is 1. The second kappa shape index (κ2) is 20.2. The van der Waals surface area contributed by atoms with Gasteiger partial charge in [0.15, 0.2) is 0 Å². The normalized spacial score (nSPS) is 11.0. The van der Waals surface area contributed by atoms with Crippen molar-refractivity contribution in [3.05, 3.63) is 199 Å². The minimum atomic E-state index is -0.951. The average Bonchev–Trinajstić information content (AvgIpc) is 3.88. The lowest BCUT2D eigenvalue weighted by molar-refractivity contribution is 0.0696. The lowest BCUT2D eigenvalue weighted by Gasteiger charge is -2.08. The number of nitrogens with zero attached hydrogens (tertiary/aromatic N) is 6. The lowest BCUT2D eigenvalue weighted by atomic mass is 10.0. The predicted octanol–water partition coefficient (Wildman–Crippen LogP) is 10.6. The first kappa shape index (κ1) is 44.6. The monoisotopic (exact) mass is 940 g/mol. The Kier molecular flexibility index (Phi) is 13.9. The summed E-state index contributed by atoms with van der Waals surface area (Å²) in [6, 6.07) is 26.0. The number of benzene rings is 2. The van der Waals surface area contributed by atoms with E-state index >= 15 is 0 Å². The Morgan fingerprint density at radius 3 is 1.62 bits per heavy atom. The molecule has 0 aliphatic heterocycles. The summed E-state index contributed by atoms with van der Waals surface area (Å²) in [4.78, 5) is 55.3. The van der Waals surface area contributed by atoms with Crippen LogP contribution in [0.1, 0.15) is 54.4 Å². The summed E-state index contributed by atoms with van der Waals surface area (Å²) in [7, 11) is 0. The van der Waals surface area contributed by atoms with Gasteiger partial charge < -0.3 is 26.1 Å². The smallest absolute Gasteiger partial charge is 0.335 e. The van der Waals surface area contributed by atoms with Crippen LogP contribution in [-0.2, 0) is 25.9 Å². The fraction of sp³-hybridized carbons (Fsp3) is 0.0833. The van der Waals surface area contributed by atoms with Gasteiger partial charge in [-0.05, 0) is 95.1 Å². The van der Waals surface area contributed by atoms with Crippen LogP contribution in [0, 0.1) is 0 Å². The van der Waals surface area contributed by atoms with Gasteiger partial charge in [-0.3, -0.25) is 24.7 Å². The van der Waals surface area contributed by atoms with E-state index in [1.807, 2.05) is 60.7 Å². The van der Waals surface area contributed by atoms with Gasteiger partial charge in [0.25, 0.3) is 5.91 Å². The van der Waals surface area contributed by atoms with Crippen LogP contribution in [0.2, 0.25) is 20.1 Å². The van der Waals surface area contributed by atoms with Crippen molar-refractivity contribution in [3.8, 4) is 0 Å². The molecule has 0 aliphatic carbocycles. The molecule has 1 amide bonds. The number of carboxylic acid groups (broad SMARTS) is 1. The van der Waals surface area contributed by atoms with Gasteiger partial charge in [-0.15, -0.1) is 0 Å². The molecule has 13 nitrogen and oxygen atoms in total. The Hall–Kier alpha value is -7.00. The first-order valence-electron chi connectivity index (χ1n) is 19.9. The minimum absolute atomic E-state index is 0.177. The third-order valence-corrected chi connectivity index (χ3v) is 11.1. The highest BCUT2D eigenvalue weighted by atomic mass is 35.5. The van der Waals surface area contributed by atoms with E-state index in [1.165, 1.54) is 12.3 Å². The van der Waals surface area contributed by atoms with Crippen molar-refractivity contribution in [2.45, 2.75) is 25.9 Å². The number of carboxylic acids is 1. The number of aromatic amines is 2. The zero-order valence-corrected chi connectivity index (χ0v) is 37.1. The van der Waals surface area contributed by atoms with E-state index in [-0.39, 0.29) is 11.5 Å². The Morgan fingerprint density at radius 2 is 1.08 bits per heavy atom. The van der Waals surface area contributed by atoms with Crippen molar-refractivity contribution < 1.29 is 14.7 Å². The maximum atomic E-state index is 12.7. The van der Waals surface area contributed by atoms with Gasteiger partial charge in [0.1, 0.15) is 11.3 Å². The first-order chi connectivity index (χ1) is 31.5. The Morgan fingerprint density at radius 1 is 0.569 bits per heavy atom. The number of amides is 1. The van der Waals surface area contributed by atoms with Crippen molar-refractivity contribution in [2.75, 3.05) is 0 Å². The van der Waals surface area contributed by atoms with Gasteiger partial charge in [-0.1, -0.05) is 58.5 Å². The second-order valence-corrected chi connectivity index (χ2v) is 16.4. The number of pyridine rings is 6. The van der Waals surface area contributed by atoms with Crippen LogP contribution in [0.3, 0.4) is 0 Å². The van der Waals surface area contributed by atoms with Crippen LogP contribution in [0.15, 0.2) is 135 Å². The highest BCUT2D eigenvalue weighted by molar-refractivity contribution is 6.35. The number of aromatic carboxylic acids is 1. The van der Waals surface area contributed by atoms with Gasteiger partial charge in [-0.2, -0.15) is 0 Å². The Bertz CT molecular complexity index is 3360. The topological polar surface area (TPSA) is 201 Å². The number of hydrogen-bond acceptors (Lipinski definition) is 9. The Balaban J connectivity index is 0.000000149. The van der Waals surface area contributed by atoms with Crippen LogP contribution >= 0.6 is 46.4 Å².